The molecule has 1 N–H and O–H groups in total. The van der Waals surface area contributed by atoms with E-state index in [1.807, 2.05) is 54.6 Å². The average molecular weight is 297 g/mol. The standard InChI is InChI=1S/C19H23NO2/c1-3-8-18(16-10-5-4-6-11-16)19(21)20-14-15-9-7-12-17(13-15)22-2/h4-7,9-13,18H,3,8,14H2,1-2H3,(H,20,21)/t18-/m0/s1. The minimum Gasteiger partial charge on any atom is -0.497 e. The maximum Gasteiger partial charge on any atom is 0.227 e. The maximum absolute atomic E-state index is 12.5. The summed E-state index contributed by atoms with van der Waals surface area (Å²) in [5.41, 5.74) is 2.11. The van der Waals surface area contributed by atoms with Crippen LogP contribution in [0, 0.1) is 0 Å². The van der Waals surface area contributed by atoms with Crippen molar-refractivity contribution in [2.75, 3.05) is 7.11 Å². The van der Waals surface area contributed by atoms with Crippen LogP contribution in [0.3, 0.4) is 0 Å². The summed E-state index contributed by atoms with van der Waals surface area (Å²) in [7, 11) is 1.64. The van der Waals surface area contributed by atoms with E-state index in [-0.39, 0.29) is 11.8 Å². The van der Waals surface area contributed by atoms with Gasteiger partial charge in [-0.2, -0.15) is 0 Å². The summed E-state index contributed by atoms with van der Waals surface area (Å²) in [5.74, 6) is 0.799. The SMILES string of the molecule is CCC[C@H](C(=O)NCc1cccc(OC)c1)c1ccccc1. The Bertz CT molecular complexity index is 595. The normalized spacial score (nSPS) is 11.7. The first kappa shape index (κ1) is 16.1. The Morgan fingerprint density at radius 2 is 1.91 bits per heavy atom. The molecule has 0 saturated heterocycles. The predicted molar refractivity (Wildman–Crippen MR) is 88.9 cm³/mol. The highest BCUT2D eigenvalue weighted by atomic mass is 16.5. The number of methoxy groups -OCH3 is 1. The largest absolute Gasteiger partial charge is 0.497 e. The molecular weight excluding hydrogens is 274 g/mol. The Morgan fingerprint density at radius 3 is 2.59 bits per heavy atom. The van der Waals surface area contributed by atoms with Gasteiger partial charge in [-0.25, -0.2) is 0 Å². The van der Waals surface area contributed by atoms with Crippen molar-refractivity contribution in [3.63, 3.8) is 0 Å². The lowest BCUT2D eigenvalue weighted by molar-refractivity contribution is -0.122. The van der Waals surface area contributed by atoms with Gasteiger partial charge in [0.1, 0.15) is 5.75 Å². The Kier molecular flexibility index (Phi) is 6.01. The fourth-order valence-corrected chi connectivity index (χ4v) is 2.52. The van der Waals surface area contributed by atoms with Gasteiger partial charge in [0.25, 0.3) is 0 Å². The number of carbonyl (C=O) groups excluding carboxylic acids is 1. The van der Waals surface area contributed by atoms with E-state index in [1.165, 1.54) is 0 Å². The molecule has 2 rings (SSSR count). The Balaban J connectivity index is 2.02. The maximum atomic E-state index is 12.5. The van der Waals surface area contributed by atoms with Gasteiger partial charge in [-0.1, -0.05) is 55.8 Å². The average Bonchev–Trinajstić information content (AvgIpc) is 2.58. The first-order valence-corrected chi connectivity index (χ1v) is 7.70. The summed E-state index contributed by atoms with van der Waals surface area (Å²) in [6, 6.07) is 17.7. The zero-order chi connectivity index (χ0) is 15.8. The van der Waals surface area contributed by atoms with Crippen LogP contribution < -0.4 is 10.1 Å². The second-order valence-corrected chi connectivity index (χ2v) is 5.32. The Morgan fingerprint density at radius 1 is 1.14 bits per heavy atom. The van der Waals surface area contributed by atoms with Crippen molar-refractivity contribution in [3.05, 3.63) is 65.7 Å². The van der Waals surface area contributed by atoms with E-state index in [4.69, 9.17) is 4.74 Å². The molecule has 2 aromatic carbocycles. The van der Waals surface area contributed by atoms with Gasteiger partial charge in [-0.15, -0.1) is 0 Å². The molecule has 0 aromatic heterocycles. The van der Waals surface area contributed by atoms with Crippen LogP contribution in [0.4, 0.5) is 0 Å². The van der Waals surface area contributed by atoms with Gasteiger partial charge in [-0.05, 0) is 29.7 Å². The first-order chi connectivity index (χ1) is 10.7. The molecule has 3 heteroatoms. The van der Waals surface area contributed by atoms with Gasteiger partial charge in [0.15, 0.2) is 0 Å². The Labute approximate surface area is 132 Å². The summed E-state index contributed by atoms with van der Waals surface area (Å²) in [6.45, 7) is 2.62. The molecule has 0 aliphatic heterocycles. The minimum absolute atomic E-state index is 0.0795. The van der Waals surface area contributed by atoms with Crippen molar-refractivity contribution in [2.24, 2.45) is 0 Å². The molecule has 1 atom stereocenters. The van der Waals surface area contributed by atoms with Crippen LogP contribution in [-0.2, 0) is 11.3 Å². The van der Waals surface area contributed by atoms with Crippen LogP contribution in [0.1, 0.15) is 36.8 Å². The van der Waals surface area contributed by atoms with Crippen molar-refractivity contribution >= 4 is 5.91 Å². The highest BCUT2D eigenvalue weighted by Gasteiger charge is 2.19. The van der Waals surface area contributed by atoms with Crippen molar-refractivity contribution in [2.45, 2.75) is 32.2 Å². The molecule has 0 saturated carbocycles. The Hall–Kier alpha value is -2.29. The first-order valence-electron chi connectivity index (χ1n) is 7.70. The topological polar surface area (TPSA) is 38.3 Å². The molecule has 0 aliphatic carbocycles. The zero-order valence-corrected chi connectivity index (χ0v) is 13.2. The second-order valence-electron chi connectivity index (χ2n) is 5.32. The molecule has 0 aliphatic rings. The molecule has 0 fully saturated rings. The number of amides is 1. The molecule has 0 spiro atoms. The van der Waals surface area contributed by atoms with Crippen molar-refractivity contribution in [1.29, 1.82) is 0 Å². The van der Waals surface area contributed by atoms with E-state index in [1.54, 1.807) is 7.11 Å². The fraction of sp³-hybridized carbons (Fsp3) is 0.316. The number of rotatable bonds is 7. The van der Waals surface area contributed by atoms with Crippen LogP contribution in [-0.4, -0.2) is 13.0 Å². The monoisotopic (exact) mass is 297 g/mol. The van der Waals surface area contributed by atoms with Gasteiger partial charge >= 0.3 is 0 Å². The van der Waals surface area contributed by atoms with Gasteiger partial charge in [0.2, 0.25) is 5.91 Å². The molecule has 0 bridgehead atoms. The third-order valence-corrected chi connectivity index (χ3v) is 3.70. The summed E-state index contributed by atoms with van der Waals surface area (Å²) in [5, 5.41) is 3.04. The number of benzene rings is 2. The lowest BCUT2D eigenvalue weighted by Crippen LogP contribution is -2.29. The molecular formula is C19H23NO2. The highest BCUT2D eigenvalue weighted by molar-refractivity contribution is 5.83. The van der Waals surface area contributed by atoms with E-state index in [2.05, 4.69) is 12.2 Å². The van der Waals surface area contributed by atoms with Crippen LogP contribution in [0.15, 0.2) is 54.6 Å². The molecule has 1 amide bonds. The molecule has 22 heavy (non-hydrogen) atoms. The number of hydrogen-bond donors (Lipinski definition) is 1. The third kappa shape index (κ3) is 4.35. The highest BCUT2D eigenvalue weighted by Crippen LogP contribution is 2.21. The van der Waals surface area contributed by atoms with Gasteiger partial charge < -0.3 is 10.1 Å². The third-order valence-electron chi connectivity index (χ3n) is 3.70. The van der Waals surface area contributed by atoms with E-state index >= 15 is 0 Å². The number of carbonyl (C=O) groups is 1. The smallest absolute Gasteiger partial charge is 0.227 e. The number of hydrogen-bond acceptors (Lipinski definition) is 2. The molecule has 0 radical (unpaired) electrons. The van der Waals surface area contributed by atoms with Crippen molar-refractivity contribution in [3.8, 4) is 5.75 Å². The lowest BCUT2D eigenvalue weighted by Gasteiger charge is -2.16. The van der Waals surface area contributed by atoms with Crippen LogP contribution in [0.25, 0.3) is 0 Å². The van der Waals surface area contributed by atoms with Crippen LogP contribution in [0.5, 0.6) is 5.75 Å². The van der Waals surface area contributed by atoms with E-state index < -0.39 is 0 Å². The van der Waals surface area contributed by atoms with Crippen molar-refractivity contribution < 1.29 is 9.53 Å². The zero-order valence-electron chi connectivity index (χ0n) is 13.2. The second kappa shape index (κ2) is 8.23. The van der Waals surface area contributed by atoms with Crippen LogP contribution >= 0.6 is 0 Å². The van der Waals surface area contributed by atoms with Crippen LogP contribution in [0.2, 0.25) is 0 Å². The summed E-state index contributed by atoms with van der Waals surface area (Å²) in [6.07, 6.45) is 1.83. The number of nitrogens with one attached hydrogen (secondary N) is 1. The van der Waals surface area contributed by atoms with E-state index in [9.17, 15) is 4.79 Å². The minimum atomic E-state index is -0.0863. The predicted octanol–water partition coefficient (Wildman–Crippen LogP) is 3.90. The molecule has 3 nitrogen and oxygen atoms in total. The lowest BCUT2D eigenvalue weighted by atomic mass is 9.93. The molecule has 116 valence electrons. The summed E-state index contributed by atoms with van der Waals surface area (Å²) < 4.78 is 5.20. The fourth-order valence-electron chi connectivity index (χ4n) is 2.52. The summed E-state index contributed by atoms with van der Waals surface area (Å²) >= 11 is 0. The molecule has 0 unspecified atom stereocenters. The summed E-state index contributed by atoms with van der Waals surface area (Å²) in [4.78, 5) is 12.5. The molecule has 2 aromatic rings. The van der Waals surface area contributed by atoms with Gasteiger partial charge in [0, 0.05) is 6.54 Å². The van der Waals surface area contributed by atoms with E-state index in [0.29, 0.717) is 6.54 Å². The van der Waals surface area contributed by atoms with Crippen molar-refractivity contribution in [1.82, 2.24) is 5.32 Å². The van der Waals surface area contributed by atoms with Gasteiger partial charge in [-0.3, -0.25) is 4.79 Å². The number of ether oxygens (including phenoxy) is 1. The van der Waals surface area contributed by atoms with Gasteiger partial charge in [0.05, 0.1) is 13.0 Å². The van der Waals surface area contributed by atoms with E-state index in [0.717, 1.165) is 29.7 Å². The molecule has 0 heterocycles. The quantitative estimate of drug-likeness (QED) is 0.842.